The molecule has 2 aliphatic heterocycles. The number of rotatable bonds is 6. The lowest BCUT2D eigenvalue weighted by molar-refractivity contribution is -0.118. The zero-order valence-electron chi connectivity index (χ0n) is 21.7. The first-order valence-electron chi connectivity index (χ1n) is 12.9. The Kier molecular flexibility index (Phi) is 7.25. The fourth-order valence-electron chi connectivity index (χ4n) is 4.63. The Labute approximate surface area is 230 Å². The van der Waals surface area contributed by atoms with Crippen LogP contribution in [0.15, 0.2) is 88.3 Å². The van der Waals surface area contributed by atoms with Gasteiger partial charge in [0.25, 0.3) is 5.91 Å². The lowest BCUT2D eigenvalue weighted by Crippen LogP contribution is -2.36. The van der Waals surface area contributed by atoms with Gasteiger partial charge in [-0.3, -0.25) is 9.79 Å². The predicted octanol–water partition coefficient (Wildman–Crippen LogP) is 4.76. The number of thiazole rings is 1. The van der Waals surface area contributed by atoms with Crippen molar-refractivity contribution in [1.29, 1.82) is 0 Å². The third-order valence-electron chi connectivity index (χ3n) is 6.74. The van der Waals surface area contributed by atoms with Crippen molar-refractivity contribution in [3.8, 4) is 17.0 Å². The molecule has 1 saturated heterocycles. The van der Waals surface area contributed by atoms with E-state index >= 15 is 0 Å². The topological polar surface area (TPSA) is 80.5 Å². The lowest BCUT2D eigenvalue weighted by atomic mass is 10.1. The van der Waals surface area contributed by atoms with Crippen LogP contribution >= 0.6 is 11.3 Å². The predicted molar refractivity (Wildman–Crippen MR) is 155 cm³/mol. The second-order valence-electron chi connectivity index (χ2n) is 9.40. The summed E-state index contributed by atoms with van der Waals surface area (Å²) in [7, 11) is 0. The molecule has 0 aliphatic carbocycles. The van der Waals surface area contributed by atoms with Crippen molar-refractivity contribution in [1.82, 2.24) is 4.68 Å². The molecule has 6 rings (SSSR count). The Hall–Kier alpha value is -4.21. The lowest BCUT2D eigenvalue weighted by Gasteiger charge is -2.28. The van der Waals surface area contributed by atoms with E-state index in [0.29, 0.717) is 18.0 Å². The summed E-state index contributed by atoms with van der Waals surface area (Å²) >= 11 is 1.54. The molecular weight excluding hydrogens is 510 g/mol. The maximum Gasteiger partial charge on any atom is 0.262 e. The Morgan fingerprint density at radius 2 is 1.82 bits per heavy atom. The van der Waals surface area contributed by atoms with Crippen molar-refractivity contribution >= 4 is 34.3 Å². The molecule has 198 valence electrons. The number of nitrogens with one attached hydrogen (secondary N) is 1. The molecule has 4 aromatic rings. The number of nitrogens with zero attached hydrogens (tertiary/aromatic N) is 4. The van der Waals surface area contributed by atoms with Crippen LogP contribution in [0.3, 0.4) is 0 Å². The summed E-state index contributed by atoms with van der Waals surface area (Å²) < 4.78 is 12.9. The molecule has 8 nitrogen and oxygen atoms in total. The minimum absolute atomic E-state index is 0.0289. The highest BCUT2D eigenvalue weighted by Gasteiger charge is 2.18. The van der Waals surface area contributed by atoms with Crippen LogP contribution < -0.4 is 19.8 Å². The van der Waals surface area contributed by atoms with E-state index < -0.39 is 0 Å². The summed E-state index contributed by atoms with van der Waals surface area (Å²) in [4.78, 5) is 19.9. The van der Waals surface area contributed by atoms with Crippen LogP contribution in [0.1, 0.15) is 18.1 Å². The summed E-state index contributed by atoms with van der Waals surface area (Å²) in [6.07, 6.45) is 0. The van der Waals surface area contributed by atoms with E-state index in [1.807, 2.05) is 48.0 Å². The third-order valence-corrected chi connectivity index (χ3v) is 7.60. The SMILES string of the molecule is CC(=Nn1c(-c2ccc3c(c2)NC(=O)CO3)csc1=NCc1ccccc1)c1ccc(N2CCOCC2)cc1. The number of carbonyl (C=O) groups is 1. The van der Waals surface area contributed by atoms with Gasteiger partial charge in [0.2, 0.25) is 4.80 Å². The molecule has 0 unspecified atom stereocenters. The first-order valence-corrected chi connectivity index (χ1v) is 13.8. The molecule has 0 spiro atoms. The summed E-state index contributed by atoms with van der Waals surface area (Å²) in [5, 5.41) is 10.00. The van der Waals surface area contributed by atoms with Gasteiger partial charge in [0.15, 0.2) is 6.61 Å². The molecule has 1 N–H and O–H groups in total. The van der Waals surface area contributed by atoms with Crippen LogP contribution in [0, 0.1) is 0 Å². The molecule has 2 aliphatic rings. The van der Waals surface area contributed by atoms with Crippen LogP contribution in [-0.2, 0) is 16.1 Å². The number of fused-ring (bicyclic) bond motifs is 1. The second-order valence-corrected chi connectivity index (χ2v) is 10.2. The van der Waals surface area contributed by atoms with Crippen molar-refractivity contribution in [2.24, 2.45) is 10.1 Å². The van der Waals surface area contributed by atoms with Crippen molar-refractivity contribution < 1.29 is 14.3 Å². The zero-order valence-corrected chi connectivity index (χ0v) is 22.5. The normalized spacial score (nSPS) is 16.0. The molecule has 1 aromatic heterocycles. The Balaban J connectivity index is 1.37. The average Bonchev–Trinajstić information content (AvgIpc) is 3.38. The zero-order chi connectivity index (χ0) is 26.6. The number of morpholine rings is 1. The van der Waals surface area contributed by atoms with Gasteiger partial charge < -0.3 is 19.7 Å². The number of anilines is 2. The van der Waals surface area contributed by atoms with Crippen molar-refractivity contribution in [2.75, 3.05) is 43.1 Å². The number of carbonyl (C=O) groups excluding carboxylic acids is 1. The van der Waals surface area contributed by atoms with E-state index in [1.54, 1.807) is 0 Å². The van der Waals surface area contributed by atoms with Gasteiger partial charge in [0, 0.05) is 29.7 Å². The van der Waals surface area contributed by atoms with E-state index in [0.717, 1.165) is 59.2 Å². The third kappa shape index (κ3) is 5.64. The smallest absolute Gasteiger partial charge is 0.262 e. The highest BCUT2D eigenvalue weighted by molar-refractivity contribution is 7.07. The first-order chi connectivity index (χ1) is 19.1. The van der Waals surface area contributed by atoms with Crippen LogP contribution in [0.2, 0.25) is 0 Å². The molecule has 1 amide bonds. The van der Waals surface area contributed by atoms with Gasteiger partial charge in [-0.1, -0.05) is 42.5 Å². The second kappa shape index (κ2) is 11.3. The van der Waals surface area contributed by atoms with Crippen molar-refractivity contribution in [2.45, 2.75) is 13.5 Å². The molecule has 0 bridgehead atoms. The summed E-state index contributed by atoms with van der Waals surface area (Å²) in [5.41, 5.74) is 6.69. The fourth-order valence-corrected chi connectivity index (χ4v) is 5.46. The molecule has 0 atom stereocenters. The van der Waals surface area contributed by atoms with Gasteiger partial charge in [-0.25, -0.2) is 4.68 Å². The Morgan fingerprint density at radius 3 is 2.62 bits per heavy atom. The number of ether oxygens (including phenoxy) is 2. The standard InChI is InChI=1S/C30H29N5O3S/c1-21(23-7-10-25(11-8-23)34-13-15-37-16-14-34)33-35-27(20-39-30(35)31-18-22-5-3-2-4-6-22)24-9-12-28-26(17-24)32-29(36)19-38-28/h2-12,17,20H,13-16,18-19H2,1H3,(H,32,36). The highest BCUT2D eigenvalue weighted by Crippen LogP contribution is 2.33. The van der Waals surface area contributed by atoms with E-state index in [9.17, 15) is 4.79 Å². The van der Waals surface area contributed by atoms with Crippen molar-refractivity contribution in [3.63, 3.8) is 0 Å². The molecule has 3 heterocycles. The van der Waals surface area contributed by atoms with Crippen LogP contribution in [0.4, 0.5) is 11.4 Å². The van der Waals surface area contributed by atoms with Crippen LogP contribution in [0.25, 0.3) is 11.3 Å². The molecule has 0 radical (unpaired) electrons. The van der Waals surface area contributed by atoms with Crippen molar-refractivity contribution in [3.05, 3.63) is 94.1 Å². The highest BCUT2D eigenvalue weighted by atomic mass is 32.1. The van der Waals surface area contributed by atoms with E-state index in [4.69, 9.17) is 19.6 Å². The number of aromatic nitrogens is 1. The maximum absolute atomic E-state index is 11.9. The minimum atomic E-state index is -0.161. The Bertz CT molecular complexity index is 1570. The molecule has 9 heteroatoms. The summed E-state index contributed by atoms with van der Waals surface area (Å²) in [6.45, 7) is 5.91. The fraction of sp³-hybridized carbons (Fsp3) is 0.233. The molecule has 1 fully saturated rings. The monoisotopic (exact) mass is 539 g/mol. The first kappa shape index (κ1) is 25.1. The van der Waals surface area contributed by atoms with Crippen LogP contribution in [-0.4, -0.2) is 49.2 Å². The number of amides is 1. The van der Waals surface area contributed by atoms with Gasteiger partial charge in [-0.15, -0.1) is 11.3 Å². The van der Waals surface area contributed by atoms with Gasteiger partial charge in [-0.2, -0.15) is 5.10 Å². The molecule has 0 saturated carbocycles. The number of benzene rings is 3. The molecule has 39 heavy (non-hydrogen) atoms. The molecular formula is C30H29N5O3S. The maximum atomic E-state index is 11.9. The quantitative estimate of drug-likeness (QED) is 0.359. The summed E-state index contributed by atoms with van der Waals surface area (Å²) in [5.74, 6) is 0.500. The van der Waals surface area contributed by atoms with E-state index in [-0.39, 0.29) is 12.5 Å². The summed E-state index contributed by atoms with van der Waals surface area (Å²) in [6, 6.07) is 24.5. The molecule has 3 aromatic carbocycles. The largest absolute Gasteiger partial charge is 0.482 e. The van der Waals surface area contributed by atoms with E-state index in [1.165, 1.54) is 17.0 Å². The van der Waals surface area contributed by atoms with Gasteiger partial charge in [0.05, 0.1) is 36.9 Å². The van der Waals surface area contributed by atoms with Gasteiger partial charge in [0.1, 0.15) is 5.75 Å². The minimum Gasteiger partial charge on any atom is -0.482 e. The number of hydrogen-bond donors (Lipinski definition) is 1. The Morgan fingerprint density at radius 1 is 1.03 bits per heavy atom. The van der Waals surface area contributed by atoms with Gasteiger partial charge >= 0.3 is 0 Å². The average molecular weight is 540 g/mol. The van der Waals surface area contributed by atoms with E-state index in [2.05, 4.69) is 52.0 Å². The number of hydrogen-bond acceptors (Lipinski definition) is 7. The van der Waals surface area contributed by atoms with Gasteiger partial charge in [-0.05, 0) is 48.4 Å². The van der Waals surface area contributed by atoms with Crippen LogP contribution in [0.5, 0.6) is 5.75 Å².